The van der Waals surface area contributed by atoms with Crippen molar-refractivity contribution in [1.82, 2.24) is 0 Å². The van der Waals surface area contributed by atoms with Crippen molar-refractivity contribution in [2.75, 3.05) is 11.9 Å². The van der Waals surface area contributed by atoms with Crippen molar-refractivity contribution in [1.29, 1.82) is 0 Å². The molecular weight excluding hydrogens is 421 g/mol. The van der Waals surface area contributed by atoms with Gasteiger partial charge in [0.15, 0.2) is 0 Å². The van der Waals surface area contributed by atoms with Gasteiger partial charge >= 0.3 is 17.8 Å². The zero-order valence-electron chi connectivity index (χ0n) is 15.9. The predicted molar refractivity (Wildman–Crippen MR) is 104 cm³/mol. The SMILES string of the molecule is C[C@H](CNc1ccc(C(F)(F)F)cc1[N+](=O)[O-])OC(=O)c1cc2ccccc2oc1=O. The van der Waals surface area contributed by atoms with E-state index in [2.05, 4.69) is 5.32 Å². The average molecular weight is 436 g/mol. The van der Waals surface area contributed by atoms with Crippen LogP contribution in [0.5, 0.6) is 0 Å². The van der Waals surface area contributed by atoms with Crippen LogP contribution in [0.1, 0.15) is 22.8 Å². The Bertz CT molecular complexity index is 1210. The van der Waals surface area contributed by atoms with Crippen molar-refractivity contribution in [3.63, 3.8) is 0 Å². The number of nitrogens with zero attached hydrogens (tertiary/aromatic N) is 1. The normalized spacial score (nSPS) is 12.4. The summed E-state index contributed by atoms with van der Waals surface area (Å²) in [7, 11) is 0. The highest BCUT2D eigenvalue weighted by atomic mass is 19.4. The Morgan fingerprint density at radius 3 is 2.61 bits per heavy atom. The van der Waals surface area contributed by atoms with Gasteiger partial charge in [0.2, 0.25) is 0 Å². The number of carbonyl (C=O) groups excluding carboxylic acids is 1. The van der Waals surface area contributed by atoms with Crippen molar-refractivity contribution >= 4 is 28.3 Å². The molecule has 162 valence electrons. The summed E-state index contributed by atoms with van der Waals surface area (Å²) in [6.07, 6.45) is -5.60. The largest absolute Gasteiger partial charge is 0.457 e. The number of benzene rings is 2. The van der Waals surface area contributed by atoms with E-state index < -0.39 is 40.0 Å². The van der Waals surface area contributed by atoms with Crippen LogP contribution in [-0.4, -0.2) is 23.5 Å². The van der Waals surface area contributed by atoms with Gasteiger partial charge in [0.1, 0.15) is 22.9 Å². The number of halogens is 3. The quantitative estimate of drug-likeness (QED) is 0.264. The molecule has 0 unspecified atom stereocenters. The van der Waals surface area contributed by atoms with E-state index in [9.17, 15) is 32.9 Å². The predicted octanol–water partition coefficient (Wildman–Crippen LogP) is 4.38. The second kappa shape index (κ2) is 8.46. The van der Waals surface area contributed by atoms with Crippen LogP contribution < -0.4 is 10.9 Å². The molecule has 1 heterocycles. The topological polar surface area (TPSA) is 112 Å². The highest BCUT2D eigenvalue weighted by Crippen LogP contribution is 2.35. The van der Waals surface area contributed by atoms with Crippen LogP contribution in [0.3, 0.4) is 0 Å². The van der Waals surface area contributed by atoms with Crippen molar-refractivity contribution in [3.8, 4) is 0 Å². The molecule has 11 heteroatoms. The maximum atomic E-state index is 12.8. The molecule has 1 atom stereocenters. The minimum atomic E-state index is -4.73. The first-order valence-electron chi connectivity index (χ1n) is 8.89. The van der Waals surface area contributed by atoms with Crippen molar-refractivity contribution in [3.05, 3.63) is 80.2 Å². The molecule has 0 bridgehead atoms. The molecular formula is C20H15F3N2O6. The fourth-order valence-electron chi connectivity index (χ4n) is 2.75. The van der Waals surface area contributed by atoms with Crippen molar-refractivity contribution < 1.29 is 32.0 Å². The van der Waals surface area contributed by atoms with Crippen LogP contribution in [0.25, 0.3) is 11.0 Å². The molecule has 0 saturated carbocycles. The summed E-state index contributed by atoms with van der Waals surface area (Å²) < 4.78 is 48.6. The number of rotatable bonds is 6. The number of carbonyl (C=O) groups is 1. The number of ether oxygens (including phenoxy) is 1. The van der Waals surface area contributed by atoms with Gasteiger partial charge in [-0.2, -0.15) is 13.2 Å². The molecule has 1 N–H and O–H groups in total. The van der Waals surface area contributed by atoms with E-state index in [4.69, 9.17) is 9.15 Å². The van der Waals surface area contributed by atoms with Gasteiger partial charge in [-0.1, -0.05) is 18.2 Å². The van der Waals surface area contributed by atoms with Gasteiger partial charge in [-0.05, 0) is 31.2 Å². The molecule has 8 nitrogen and oxygen atoms in total. The molecule has 1 aromatic heterocycles. The first-order chi connectivity index (χ1) is 14.6. The highest BCUT2D eigenvalue weighted by Gasteiger charge is 2.33. The van der Waals surface area contributed by atoms with E-state index in [1.54, 1.807) is 24.3 Å². The maximum absolute atomic E-state index is 12.8. The van der Waals surface area contributed by atoms with Crippen LogP contribution in [0.15, 0.2) is 57.7 Å². The number of nitro benzene ring substituents is 1. The number of hydrogen-bond donors (Lipinski definition) is 1. The lowest BCUT2D eigenvalue weighted by Gasteiger charge is -2.15. The molecule has 0 aliphatic rings. The van der Waals surface area contributed by atoms with E-state index in [1.165, 1.54) is 13.0 Å². The Labute approximate surface area is 172 Å². The maximum Gasteiger partial charge on any atom is 0.416 e. The number of anilines is 1. The molecule has 0 aliphatic carbocycles. The molecule has 0 spiro atoms. The molecule has 3 rings (SSSR count). The number of nitrogens with one attached hydrogen (secondary N) is 1. The third kappa shape index (κ3) is 5.00. The third-order valence-electron chi connectivity index (χ3n) is 4.27. The van der Waals surface area contributed by atoms with E-state index in [0.717, 1.165) is 6.07 Å². The van der Waals surface area contributed by atoms with E-state index in [1.807, 2.05) is 0 Å². The van der Waals surface area contributed by atoms with Gasteiger partial charge in [0, 0.05) is 11.5 Å². The van der Waals surface area contributed by atoms with Gasteiger partial charge in [0.25, 0.3) is 5.69 Å². The Hall–Kier alpha value is -3.89. The summed E-state index contributed by atoms with van der Waals surface area (Å²) in [5.74, 6) is -0.962. The molecule has 0 radical (unpaired) electrons. The van der Waals surface area contributed by atoms with E-state index in [0.29, 0.717) is 23.1 Å². The summed E-state index contributed by atoms with van der Waals surface area (Å²) in [5, 5.41) is 14.2. The smallest absolute Gasteiger partial charge is 0.416 e. The lowest BCUT2D eigenvalue weighted by Crippen LogP contribution is -2.26. The second-order valence-corrected chi connectivity index (χ2v) is 6.57. The lowest BCUT2D eigenvalue weighted by atomic mass is 10.1. The monoisotopic (exact) mass is 436 g/mol. The number of nitro groups is 1. The average Bonchev–Trinajstić information content (AvgIpc) is 2.70. The summed E-state index contributed by atoms with van der Waals surface area (Å²) >= 11 is 0. The van der Waals surface area contributed by atoms with Gasteiger partial charge in [0.05, 0.1) is 17.0 Å². The Morgan fingerprint density at radius 2 is 1.94 bits per heavy atom. The number of fused-ring (bicyclic) bond motifs is 1. The highest BCUT2D eigenvalue weighted by molar-refractivity contribution is 5.92. The Balaban J connectivity index is 1.71. The van der Waals surface area contributed by atoms with Gasteiger partial charge in [-0.15, -0.1) is 0 Å². The molecule has 0 aliphatic heterocycles. The van der Waals surface area contributed by atoms with Crippen LogP contribution in [0.2, 0.25) is 0 Å². The summed E-state index contributed by atoms with van der Waals surface area (Å²) in [6, 6.07) is 9.93. The minimum Gasteiger partial charge on any atom is -0.457 e. The first-order valence-corrected chi connectivity index (χ1v) is 8.89. The van der Waals surface area contributed by atoms with Gasteiger partial charge in [-0.3, -0.25) is 10.1 Å². The van der Waals surface area contributed by atoms with Crippen LogP contribution >= 0.6 is 0 Å². The standard InChI is InChI=1S/C20H15F3N2O6/c1-11(10-24-15-7-6-13(20(21,22)23)9-16(15)25(28)29)30-18(26)14-8-12-4-2-3-5-17(12)31-19(14)27/h2-9,11,24H,10H2,1H3/t11-/m1/s1. The van der Waals surface area contributed by atoms with Crippen LogP contribution in [-0.2, 0) is 10.9 Å². The Morgan fingerprint density at radius 1 is 1.23 bits per heavy atom. The molecule has 0 amide bonds. The first kappa shape index (κ1) is 21.8. The lowest BCUT2D eigenvalue weighted by molar-refractivity contribution is -0.384. The van der Waals surface area contributed by atoms with E-state index in [-0.39, 0.29) is 17.8 Å². The second-order valence-electron chi connectivity index (χ2n) is 6.57. The fourth-order valence-corrected chi connectivity index (χ4v) is 2.75. The number of esters is 1. The Kier molecular flexibility index (Phi) is 5.95. The summed E-state index contributed by atoms with van der Waals surface area (Å²) in [5.41, 5.74) is -3.02. The summed E-state index contributed by atoms with van der Waals surface area (Å²) in [6.45, 7) is 1.29. The van der Waals surface area contributed by atoms with Crippen LogP contribution in [0.4, 0.5) is 24.5 Å². The van der Waals surface area contributed by atoms with E-state index >= 15 is 0 Å². The number of alkyl halides is 3. The van der Waals surface area contributed by atoms with Gasteiger partial charge < -0.3 is 14.5 Å². The molecule has 2 aromatic carbocycles. The molecule has 0 saturated heterocycles. The molecule has 3 aromatic rings. The molecule has 0 fully saturated rings. The number of para-hydroxylation sites is 1. The number of hydrogen-bond acceptors (Lipinski definition) is 7. The van der Waals surface area contributed by atoms with Gasteiger partial charge in [-0.25, -0.2) is 9.59 Å². The van der Waals surface area contributed by atoms with Crippen LogP contribution in [0, 0.1) is 10.1 Å². The van der Waals surface area contributed by atoms with Crippen molar-refractivity contribution in [2.45, 2.75) is 19.2 Å². The summed E-state index contributed by atoms with van der Waals surface area (Å²) in [4.78, 5) is 34.5. The zero-order valence-corrected chi connectivity index (χ0v) is 15.9. The minimum absolute atomic E-state index is 0.156. The third-order valence-corrected chi connectivity index (χ3v) is 4.27. The fraction of sp³-hybridized carbons (Fsp3) is 0.200. The zero-order chi connectivity index (χ0) is 22.8. The van der Waals surface area contributed by atoms with Crippen molar-refractivity contribution in [2.24, 2.45) is 0 Å². The molecule has 31 heavy (non-hydrogen) atoms.